The summed E-state index contributed by atoms with van der Waals surface area (Å²) in [7, 11) is 1.69. The van der Waals surface area contributed by atoms with E-state index in [0.29, 0.717) is 18.8 Å². The van der Waals surface area contributed by atoms with Crippen LogP contribution >= 0.6 is 0 Å². The van der Waals surface area contributed by atoms with Gasteiger partial charge in [0.1, 0.15) is 11.5 Å². The van der Waals surface area contributed by atoms with Gasteiger partial charge in [0.15, 0.2) is 0 Å². The van der Waals surface area contributed by atoms with Crippen molar-refractivity contribution in [1.82, 2.24) is 14.8 Å². The average molecular weight is 390 g/mol. The van der Waals surface area contributed by atoms with E-state index in [0.717, 1.165) is 49.7 Å². The van der Waals surface area contributed by atoms with Gasteiger partial charge in [0.05, 0.1) is 5.52 Å². The molecular weight excluding hydrogens is 357 g/mol. The predicted octanol–water partition coefficient (Wildman–Crippen LogP) is 3.81. The summed E-state index contributed by atoms with van der Waals surface area (Å²) in [5.41, 5.74) is 1.43. The number of nitrogens with zero attached hydrogens (tertiary/aromatic N) is 2. The van der Waals surface area contributed by atoms with E-state index in [1.807, 2.05) is 15.5 Å². The Morgan fingerprint density at radius 2 is 2.18 bits per heavy atom. The molecule has 1 aromatic carbocycles. The Morgan fingerprint density at radius 3 is 2.86 bits per heavy atom. The molecule has 1 aliphatic rings. The number of hydrogen-bond donors (Lipinski definition) is 1. The van der Waals surface area contributed by atoms with Gasteiger partial charge in [-0.15, -0.1) is 0 Å². The van der Waals surface area contributed by atoms with Crippen LogP contribution in [0.2, 0.25) is 0 Å². The van der Waals surface area contributed by atoms with Gasteiger partial charge in [-0.2, -0.15) is 0 Å². The van der Waals surface area contributed by atoms with E-state index in [1.54, 1.807) is 13.2 Å². The van der Waals surface area contributed by atoms with Gasteiger partial charge < -0.3 is 19.5 Å². The van der Waals surface area contributed by atoms with Crippen molar-refractivity contribution in [2.75, 3.05) is 26.8 Å². The van der Waals surface area contributed by atoms with Crippen molar-refractivity contribution in [1.29, 1.82) is 0 Å². The largest absolute Gasteiger partial charge is 0.385 e. The zero-order valence-corrected chi connectivity index (χ0v) is 17.2. The minimum atomic E-state index is -0.278. The topological polar surface area (TPSA) is 46.5 Å². The molecule has 28 heavy (non-hydrogen) atoms. The highest BCUT2D eigenvalue weighted by molar-refractivity contribution is 5.99. The summed E-state index contributed by atoms with van der Waals surface area (Å²) in [4.78, 5) is 15.6. The van der Waals surface area contributed by atoms with Gasteiger partial charge in [-0.1, -0.05) is 0 Å². The summed E-state index contributed by atoms with van der Waals surface area (Å²) in [5.74, 6) is -0.244. The van der Waals surface area contributed by atoms with Gasteiger partial charge >= 0.3 is 0 Å². The van der Waals surface area contributed by atoms with Crippen molar-refractivity contribution < 1.29 is 13.9 Å². The molecule has 0 aliphatic carbocycles. The Kier molecular flexibility index (Phi) is 7.08. The fraction of sp³-hybridized carbons (Fsp3) is 0.591. The molecule has 1 saturated heterocycles. The molecule has 5 nitrogen and oxygen atoms in total. The van der Waals surface area contributed by atoms with E-state index < -0.39 is 0 Å². The normalized spacial score (nSPS) is 17.4. The smallest absolute Gasteiger partial charge is 0.271 e. The quantitative estimate of drug-likeness (QED) is 0.699. The number of fused-ring (bicyclic) bond motifs is 1. The summed E-state index contributed by atoms with van der Waals surface area (Å²) < 4.78 is 21.0. The van der Waals surface area contributed by atoms with E-state index in [4.69, 9.17) is 4.74 Å². The van der Waals surface area contributed by atoms with Crippen molar-refractivity contribution >= 4 is 16.8 Å². The lowest BCUT2D eigenvalue weighted by Gasteiger charge is -2.37. The number of methoxy groups -OCH3 is 1. The van der Waals surface area contributed by atoms with Crippen LogP contribution in [0.5, 0.6) is 0 Å². The predicted molar refractivity (Wildman–Crippen MR) is 110 cm³/mol. The van der Waals surface area contributed by atoms with Gasteiger partial charge in [0.2, 0.25) is 0 Å². The molecule has 6 heteroatoms. The fourth-order valence-electron chi connectivity index (χ4n) is 4.19. The maximum Gasteiger partial charge on any atom is 0.271 e. The van der Waals surface area contributed by atoms with Crippen molar-refractivity contribution in [3.05, 3.63) is 35.8 Å². The number of aryl methyl sites for hydroxylation is 1. The number of aromatic nitrogens is 1. The molecule has 0 radical (unpaired) electrons. The highest BCUT2D eigenvalue weighted by Crippen LogP contribution is 2.25. The highest BCUT2D eigenvalue weighted by atomic mass is 19.1. The first-order valence-electron chi connectivity index (χ1n) is 10.3. The molecule has 0 spiro atoms. The zero-order chi connectivity index (χ0) is 20.1. The molecule has 3 rings (SSSR count). The van der Waals surface area contributed by atoms with Crippen LogP contribution in [-0.2, 0) is 11.3 Å². The van der Waals surface area contributed by atoms with Crippen LogP contribution in [0.3, 0.4) is 0 Å². The second kappa shape index (κ2) is 9.52. The molecule has 2 heterocycles. The minimum absolute atomic E-state index is 0.0343. The number of carbonyl (C=O) groups excluding carboxylic acids is 1. The van der Waals surface area contributed by atoms with Crippen molar-refractivity contribution in [3.63, 3.8) is 0 Å². The van der Waals surface area contributed by atoms with E-state index in [-0.39, 0.29) is 23.8 Å². The molecule has 0 bridgehead atoms. The van der Waals surface area contributed by atoms with E-state index in [2.05, 4.69) is 19.2 Å². The number of nitrogens with one attached hydrogen (secondary N) is 1. The Bertz CT molecular complexity index is 796. The lowest BCUT2D eigenvalue weighted by molar-refractivity contribution is 0.0562. The maximum absolute atomic E-state index is 13.9. The molecule has 0 unspecified atom stereocenters. The SMILES string of the molecule is COCCCCn1c(C(=O)N(C(C)C)[C@@H]2CCCNC2)cc2ccc(F)cc21. The first-order valence-corrected chi connectivity index (χ1v) is 10.3. The third-order valence-electron chi connectivity index (χ3n) is 5.52. The number of amides is 1. The second-order valence-corrected chi connectivity index (χ2v) is 7.89. The minimum Gasteiger partial charge on any atom is -0.385 e. The summed E-state index contributed by atoms with van der Waals surface area (Å²) in [6.07, 6.45) is 3.87. The number of hydrogen-bond acceptors (Lipinski definition) is 3. The Hall–Kier alpha value is -1.92. The molecular formula is C22H32FN3O2. The Morgan fingerprint density at radius 1 is 1.36 bits per heavy atom. The Balaban J connectivity index is 1.95. The van der Waals surface area contributed by atoms with E-state index >= 15 is 0 Å². The molecule has 1 N–H and O–H groups in total. The van der Waals surface area contributed by atoms with Gasteiger partial charge in [0.25, 0.3) is 5.91 Å². The highest BCUT2D eigenvalue weighted by Gasteiger charge is 2.30. The van der Waals surface area contributed by atoms with E-state index in [1.165, 1.54) is 12.1 Å². The molecule has 2 aromatic rings. The van der Waals surface area contributed by atoms with Crippen LogP contribution in [0.4, 0.5) is 4.39 Å². The second-order valence-electron chi connectivity index (χ2n) is 7.89. The summed E-state index contributed by atoms with van der Waals surface area (Å²) in [5, 5.41) is 4.31. The van der Waals surface area contributed by atoms with Gasteiger partial charge in [-0.3, -0.25) is 4.79 Å². The first kappa shape index (κ1) is 20.8. The van der Waals surface area contributed by atoms with Crippen LogP contribution in [-0.4, -0.2) is 54.3 Å². The van der Waals surface area contributed by atoms with Gasteiger partial charge in [-0.05, 0) is 70.3 Å². The van der Waals surface area contributed by atoms with Crippen LogP contribution in [0, 0.1) is 5.82 Å². The molecule has 1 aliphatic heterocycles. The number of unbranched alkanes of at least 4 members (excludes halogenated alkanes) is 1. The van der Waals surface area contributed by atoms with Crippen LogP contribution in [0.25, 0.3) is 10.9 Å². The molecule has 1 atom stereocenters. The summed E-state index contributed by atoms with van der Waals surface area (Å²) >= 11 is 0. The van der Waals surface area contributed by atoms with Gasteiger partial charge in [0, 0.05) is 44.3 Å². The summed E-state index contributed by atoms with van der Waals surface area (Å²) in [6, 6.07) is 6.96. The fourth-order valence-corrected chi connectivity index (χ4v) is 4.19. The number of carbonyl (C=O) groups is 1. The summed E-state index contributed by atoms with van der Waals surface area (Å²) in [6.45, 7) is 7.33. The number of ether oxygens (including phenoxy) is 1. The number of rotatable bonds is 8. The third-order valence-corrected chi connectivity index (χ3v) is 5.52. The average Bonchev–Trinajstić information content (AvgIpc) is 3.03. The van der Waals surface area contributed by atoms with Crippen molar-refractivity contribution in [2.24, 2.45) is 0 Å². The zero-order valence-electron chi connectivity index (χ0n) is 17.2. The lowest BCUT2D eigenvalue weighted by atomic mass is 10.0. The van der Waals surface area contributed by atoms with E-state index in [9.17, 15) is 9.18 Å². The van der Waals surface area contributed by atoms with Gasteiger partial charge in [-0.25, -0.2) is 4.39 Å². The number of piperidine rings is 1. The standard InChI is InChI=1S/C22H32FN3O2/c1-16(2)26(19-7-6-10-24-15-19)22(27)21-13-17-8-9-18(23)14-20(17)25(21)11-4-5-12-28-3/h8-9,13-14,16,19,24H,4-7,10-12,15H2,1-3H3/t19-/m1/s1. The maximum atomic E-state index is 13.9. The number of halogens is 1. The molecule has 1 aromatic heterocycles. The molecule has 1 amide bonds. The Labute approximate surface area is 166 Å². The molecule has 1 fully saturated rings. The van der Waals surface area contributed by atoms with Crippen LogP contribution < -0.4 is 5.32 Å². The van der Waals surface area contributed by atoms with Crippen molar-refractivity contribution in [3.8, 4) is 0 Å². The van der Waals surface area contributed by atoms with Crippen LogP contribution in [0.15, 0.2) is 24.3 Å². The molecule has 154 valence electrons. The number of benzene rings is 1. The molecule has 0 saturated carbocycles. The third kappa shape index (κ3) is 4.55. The first-order chi connectivity index (χ1) is 13.5. The lowest BCUT2D eigenvalue weighted by Crippen LogP contribution is -2.52. The van der Waals surface area contributed by atoms with Crippen molar-refractivity contribution in [2.45, 2.75) is 58.2 Å². The monoisotopic (exact) mass is 389 g/mol. The van der Waals surface area contributed by atoms with Crippen LogP contribution in [0.1, 0.15) is 50.0 Å².